The molecule has 1 heterocycles. The number of ether oxygens (including phenoxy) is 1. The Labute approximate surface area is 323 Å². The fourth-order valence-electron chi connectivity index (χ4n) is 8.86. The number of hydrogen-bond donors (Lipinski definition) is 7. The highest BCUT2D eigenvalue weighted by Crippen LogP contribution is 2.39. The molecule has 1 aliphatic heterocycles. The predicted molar refractivity (Wildman–Crippen MR) is 213 cm³/mol. The summed E-state index contributed by atoms with van der Waals surface area (Å²) < 4.78 is 5.41. The van der Waals surface area contributed by atoms with Gasteiger partial charge in [0.2, 0.25) is 0 Å². The normalized spacial score (nSPS) is 23.6. The number of guanidine groups is 1. The number of methoxy groups -OCH3 is 1. The zero-order chi connectivity index (χ0) is 39.1. The lowest BCUT2D eigenvalue weighted by Crippen LogP contribution is -2.48. The van der Waals surface area contributed by atoms with Crippen LogP contribution in [0, 0.1) is 29.6 Å². The van der Waals surface area contributed by atoms with Crippen LogP contribution in [0.25, 0.3) is 10.8 Å². The summed E-state index contributed by atoms with van der Waals surface area (Å²) in [4.78, 5) is 29.6. The number of nitrogens with one attached hydrogen (secondary N) is 1. The Kier molecular flexibility index (Phi) is 13.4. The molecule has 0 amide bonds. The van der Waals surface area contributed by atoms with Crippen molar-refractivity contribution in [3.63, 3.8) is 0 Å². The van der Waals surface area contributed by atoms with E-state index in [1.54, 1.807) is 24.3 Å². The summed E-state index contributed by atoms with van der Waals surface area (Å²) >= 11 is 0. The van der Waals surface area contributed by atoms with E-state index in [0.29, 0.717) is 86.5 Å². The van der Waals surface area contributed by atoms with Crippen molar-refractivity contribution in [3.05, 3.63) is 64.7 Å². The summed E-state index contributed by atoms with van der Waals surface area (Å²) in [6.45, 7) is 1.27. The van der Waals surface area contributed by atoms with Crippen molar-refractivity contribution in [1.82, 2.24) is 5.32 Å². The molecule has 11 heteroatoms. The van der Waals surface area contributed by atoms with Crippen LogP contribution in [0.5, 0.6) is 17.2 Å². The number of hydrogen-bond acceptors (Lipinski definition) is 9. The van der Waals surface area contributed by atoms with Gasteiger partial charge in [0.25, 0.3) is 0 Å². The molecular weight excluding hydrogens is 697 g/mol. The SMILES string of the molecule is COc1cc2c(cc1O)[C@H](CC[C@H](O)c1cc(CCN=C(N)N)c3cc(O)ccc3c1)C#C[C@H]([C@H](O)CCCC[C@H]1CN[C@@H]3CC(=O)CC[C@H]3C1)C(=O)CC2. The average molecular weight is 753 g/mol. The Morgan fingerprint density at radius 3 is 2.64 bits per heavy atom. The van der Waals surface area contributed by atoms with Crippen molar-refractivity contribution in [2.24, 2.45) is 34.2 Å². The lowest BCUT2D eigenvalue weighted by molar-refractivity contribution is -0.124. The fraction of sp³-hybridized carbons (Fsp3) is 0.523. The summed E-state index contributed by atoms with van der Waals surface area (Å²) in [6.07, 6.45) is 6.81. The lowest BCUT2D eigenvalue weighted by Gasteiger charge is -2.39. The Morgan fingerprint density at radius 2 is 1.84 bits per heavy atom. The van der Waals surface area contributed by atoms with Crippen molar-refractivity contribution >= 4 is 28.3 Å². The first kappa shape index (κ1) is 40.0. The number of aliphatic imine (C=N–C) groups is 1. The fourth-order valence-corrected chi connectivity index (χ4v) is 8.86. The van der Waals surface area contributed by atoms with E-state index in [4.69, 9.17) is 16.2 Å². The summed E-state index contributed by atoms with van der Waals surface area (Å²) in [5, 5.41) is 49.3. The molecule has 0 aromatic heterocycles. The van der Waals surface area contributed by atoms with Gasteiger partial charge in [0, 0.05) is 37.8 Å². The third kappa shape index (κ3) is 10.2. The Morgan fingerprint density at radius 1 is 1.00 bits per heavy atom. The van der Waals surface area contributed by atoms with Crippen molar-refractivity contribution in [1.29, 1.82) is 0 Å². The molecule has 0 spiro atoms. The monoisotopic (exact) mass is 752 g/mol. The molecule has 0 radical (unpaired) electrons. The first-order valence-corrected chi connectivity index (χ1v) is 19.8. The van der Waals surface area contributed by atoms with Crippen molar-refractivity contribution < 1.29 is 34.8 Å². The number of aliphatic hydroxyl groups excluding tert-OH is 2. The molecule has 1 saturated heterocycles. The highest BCUT2D eigenvalue weighted by atomic mass is 16.5. The van der Waals surface area contributed by atoms with Gasteiger partial charge in [-0.15, -0.1) is 0 Å². The predicted octanol–water partition coefficient (Wildman–Crippen LogP) is 5.08. The number of carbonyl (C=O) groups excluding carboxylic acids is 2. The minimum absolute atomic E-state index is 0.00886. The number of piperidine rings is 1. The number of benzene rings is 3. The van der Waals surface area contributed by atoms with Crippen LogP contribution in [-0.2, 0) is 22.4 Å². The van der Waals surface area contributed by atoms with E-state index in [9.17, 15) is 30.0 Å². The lowest BCUT2D eigenvalue weighted by atomic mass is 9.74. The smallest absolute Gasteiger partial charge is 0.185 e. The van der Waals surface area contributed by atoms with Crippen LogP contribution >= 0.6 is 0 Å². The first-order chi connectivity index (χ1) is 26.5. The highest BCUT2D eigenvalue weighted by Gasteiger charge is 2.34. The van der Waals surface area contributed by atoms with Gasteiger partial charge in [-0.1, -0.05) is 36.8 Å². The molecule has 3 aliphatic rings. The molecule has 2 aliphatic carbocycles. The number of rotatable bonds is 14. The molecule has 11 nitrogen and oxygen atoms in total. The molecule has 3 aromatic carbocycles. The number of Topliss-reactive ketones (excluding diaryl/α,β-unsaturated/α-hetero) is 2. The van der Waals surface area contributed by atoms with Gasteiger partial charge in [0.05, 0.1) is 19.3 Å². The third-order valence-electron chi connectivity index (χ3n) is 11.9. The van der Waals surface area contributed by atoms with Crippen LogP contribution in [0.3, 0.4) is 0 Å². The molecule has 0 unspecified atom stereocenters. The van der Waals surface area contributed by atoms with E-state index >= 15 is 0 Å². The van der Waals surface area contributed by atoms with Gasteiger partial charge >= 0.3 is 0 Å². The van der Waals surface area contributed by atoms with Gasteiger partial charge in [-0.3, -0.25) is 14.6 Å². The zero-order valence-corrected chi connectivity index (χ0v) is 31.8. The zero-order valence-electron chi connectivity index (χ0n) is 31.8. The van der Waals surface area contributed by atoms with Gasteiger partial charge in [0.15, 0.2) is 23.2 Å². The quantitative estimate of drug-likeness (QED) is 0.0505. The average Bonchev–Trinajstić information content (AvgIpc) is 3.22. The summed E-state index contributed by atoms with van der Waals surface area (Å²) in [5.41, 5.74) is 14.3. The van der Waals surface area contributed by atoms with E-state index in [0.717, 1.165) is 66.1 Å². The van der Waals surface area contributed by atoms with E-state index in [1.807, 2.05) is 18.2 Å². The molecule has 294 valence electrons. The van der Waals surface area contributed by atoms with Crippen molar-refractivity contribution in [3.8, 4) is 29.1 Å². The number of phenolic OH excluding ortho intramolecular Hbond substituents is 2. The Balaban J connectivity index is 1.16. The molecule has 7 atom stereocenters. The molecular formula is C44H56N4O7. The number of phenols is 2. The standard InChI is InChI=1S/C44H56N4O7/c1-55-43-21-29-10-15-41(53)35(40(52)5-3-2-4-26-18-31-7-12-34(50)23-38(31)48-25-26)13-8-27(37(29)24-42(43)54)9-14-39(51)32-19-28-6-11-33(49)22-36(28)30(20-32)16-17-47-44(45)46/h6,11,19-22,24,26-27,31,35,38-40,48-49,51-52,54H,2-5,7,9-10,12,14-18,23,25H2,1H3,(H4,45,46,47)/t26-,27+,31+,35-,38-,39+,40-/m1/s1. The number of fused-ring (bicyclic) bond motifs is 3. The maximum Gasteiger partial charge on any atom is 0.185 e. The van der Waals surface area contributed by atoms with Gasteiger partial charge < -0.3 is 41.9 Å². The second-order valence-corrected chi connectivity index (χ2v) is 15.8. The Hall–Kier alpha value is -4.63. The second-order valence-electron chi connectivity index (χ2n) is 15.8. The number of aliphatic hydroxyl groups is 2. The highest BCUT2D eigenvalue weighted by molar-refractivity contribution is 5.88. The second kappa shape index (κ2) is 18.3. The van der Waals surface area contributed by atoms with Gasteiger partial charge in [-0.2, -0.15) is 0 Å². The van der Waals surface area contributed by atoms with E-state index in [1.165, 1.54) is 7.11 Å². The maximum absolute atomic E-state index is 13.6. The maximum atomic E-state index is 13.6. The number of aryl methyl sites for hydroxylation is 1. The number of carbonyl (C=O) groups is 2. The molecule has 0 bridgehead atoms. The summed E-state index contributed by atoms with van der Waals surface area (Å²) in [7, 11) is 1.48. The molecule has 3 aromatic rings. The molecule has 9 N–H and O–H groups in total. The largest absolute Gasteiger partial charge is 0.508 e. The van der Waals surface area contributed by atoms with E-state index in [2.05, 4.69) is 22.2 Å². The minimum atomic E-state index is -0.900. The van der Waals surface area contributed by atoms with Crippen LogP contribution in [0.1, 0.15) is 105 Å². The van der Waals surface area contributed by atoms with Crippen LogP contribution in [0.15, 0.2) is 47.5 Å². The number of nitrogens with two attached hydrogens (primary N) is 2. The van der Waals surface area contributed by atoms with Crippen molar-refractivity contribution in [2.75, 3.05) is 20.2 Å². The third-order valence-corrected chi connectivity index (χ3v) is 11.9. The van der Waals surface area contributed by atoms with Crippen LogP contribution < -0.4 is 21.5 Å². The van der Waals surface area contributed by atoms with Crippen molar-refractivity contribution in [2.45, 2.75) is 108 Å². The first-order valence-electron chi connectivity index (χ1n) is 19.8. The van der Waals surface area contributed by atoms with E-state index < -0.39 is 24.0 Å². The van der Waals surface area contributed by atoms with E-state index in [-0.39, 0.29) is 29.7 Å². The number of nitrogens with zero attached hydrogens (tertiary/aromatic N) is 1. The van der Waals surface area contributed by atoms with Crippen LogP contribution in [0.2, 0.25) is 0 Å². The van der Waals surface area contributed by atoms with Gasteiger partial charge in [0.1, 0.15) is 17.5 Å². The number of ketones is 2. The number of unbranched alkanes of at least 4 members (excludes halogenated alkanes) is 1. The number of aromatic hydroxyl groups is 2. The minimum Gasteiger partial charge on any atom is -0.508 e. The molecule has 55 heavy (non-hydrogen) atoms. The van der Waals surface area contributed by atoms with Crippen LogP contribution in [0.4, 0.5) is 0 Å². The van der Waals surface area contributed by atoms with Gasteiger partial charge in [-0.05, 0) is 133 Å². The molecule has 6 rings (SSSR count). The van der Waals surface area contributed by atoms with Crippen LogP contribution in [-0.4, -0.2) is 70.3 Å². The summed E-state index contributed by atoms with van der Waals surface area (Å²) in [5.74, 6) is 7.01. The van der Waals surface area contributed by atoms with Gasteiger partial charge in [-0.25, -0.2) is 0 Å². The molecule has 2 fully saturated rings. The molecule has 1 saturated carbocycles. The summed E-state index contributed by atoms with van der Waals surface area (Å²) in [6, 6.07) is 12.7. The topological polar surface area (TPSA) is 201 Å². The Bertz CT molecular complexity index is 1950.